The second kappa shape index (κ2) is 9.60. The Labute approximate surface area is 192 Å². The van der Waals surface area contributed by atoms with Crippen molar-refractivity contribution in [1.29, 1.82) is 0 Å². The molecule has 4 rings (SSSR count). The van der Waals surface area contributed by atoms with E-state index < -0.39 is 5.82 Å². The van der Waals surface area contributed by atoms with E-state index in [2.05, 4.69) is 20.4 Å². The number of ether oxygens (including phenoxy) is 1. The minimum absolute atomic E-state index is 0.0137. The first kappa shape index (κ1) is 22.1. The zero-order chi connectivity index (χ0) is 22.7. The normalized spacial score (nSPS) is 11.1. The van der Waals surface area contributed by atoms with E-state index in [1.54, 1.807) is 19.4 Å². The van der Waals surface area contributed by atoms with Crippen LogP contribution in [0.3, 0.4) is 0 Å². The highest BCUT2D eigenvalue weighted by molar-refractivity contribution is 7.13. The molecular formula is C21H20ClFN6O2S. The second-order valence-corrected chi connectivity index (χ2v) is 8.15. The van der Waals surface area contributed by atoms with E-state index in [0.717, 1.165) is 12.0 Å². The van der Waals surface area contributed by atoms with Crippen molar-refractivity contribution in [3.8, 4) is 33.1 Å². The Morgan fingerprint density at radius 3 is 2.84 bits per heavy atom. The number of hydrogen-bond acceptors (Lipinski definition) is 9. The van der Waals surface area contributed by atoms with E-state index in [4.69, 9.17) is 31.6 Å². The summed E-state index contributed by atoms with van der Waals surface area (Å²) in [5.74, 6) is 0.743. The van der Waals surface area contributed by atoms with Gasteiger partial charge in [-0.2, -0.15) is 4.98 Å². The number of thiazole rings is 1. The third-order valence-corrected chi connectivity index (χ3v) is 5.83. The molecule has 0 aliphatic carbocycles. The van der Waals surface area contributed by atoms with Crippen LogP contribution in [0.25, 0.3) is 33.1 Å². The molecule has 0 fully saturated rings. The van der Waals surface area contributed by atoms with Crippen LogP contribution in [0.1, 0.15) is 12.2 Å². The summed E-state index contributed by atoms with van der Waals surface area (Å²) in [5, 5.41) is 9.67. The van der Waals surface area contributed by atoms with E-state index in [0.29, 0.717) is 52.3 Å². The molecule has 0 saturated heterocycles. The van der Waals surface area contributed by atoms with Gasteiger partial charge < -0.3 is 20.3 Å². The van der Waals surface area contributed by atoms with Crippen LogP contribution in [0.2, 0.25) is 5.02 Å². The first-order valence-electron chi connectivity index (χ1n) is 9.71. The molecule has 3 N–H and O–H groups in total. The van der Waals surface area contributed by atoms with Crippen LogP contribution in [0.15, 0.2) is 34.3 Å². The van der Waals surface area contributed by atoms with Gasteiger partial charge in [0.2, 0.25) is 5.95 Å². The Balaban J connectivity index is 1.85. The molecule has 3 aromatic heterocycles. The van der Waals surface area contributed by atoms with Crippen molar-refractivity contribution in [1.82, 2.24) is 20.1 Å². The van der Waals surface area contributed by atoms with Crippen LogP contribution in [0, 0.1) is 12.7 Å². The first-order valence-corrected chi connectivity index (χ1v) is 11.0. The van der Waals surface area contributed by atoms with Crippen molar-refractivity contribution in [2.24, 2.45) is 0 Å². The van der Waals surface area contributed by atoms with E-state index in [1.165, 1.54) is 23.5 Å². The Bertz CT molecular complexity index is 1250. The van der Waals surface area contributed by atoms with Gasteiger partial charge in [0.15, 0.2) is 0 Å². The van der Waals surface area contributed by atoms with Gasteiger partial charge in [-0.05, 0) is 31.5 Å². The Morgan fingerprint density at radius 1 is 1.28 bits per heavy atom. The summed E-state index contributed by atoms with van der Waals surface area (Å²) in [7, 11) is 1.65. The molecule has 0 aliphatic rings. The van der Waals surface area contributed by atoms with Gasteiger partial charge in [-0.1, -0.05) is 16.8 Å². The number of hydrogen-bond donors (Lipinski definition) is 2. The lowest BCUT2D eigenvalue weighted by Crippen LogP contribution is -2.10. The zero-order valence-corrected chi connectivity index (χ0v) is 18.9. The molecule has 4 aromatic rings. The molecule has 0 unspecified atom stereocenters. The number of rotatable bonds is 8. The monoisotopic (exact) mass is 474 g/mol. The minimum atomic E-state index is -0.517. The number of nitrogens with zero attached hydrogens (tertiary/aromatic N) is 4. The number of anilines is 2. The molecule has 3 heterocycles. The minimum Gasteiger partial charge on any atom is -0.385 e. The molecule has 1 aromatic carbocycles. The average molecular weight is 475 g/mol. The van der Waals surface area contributed by atoms with Gasteiger partial charge in [0.1, 0.15) is 22.4 Å². The third-order valence-electron chi connectivity index (χ3n) is 4.68. The predicted octanol–water partition coefficient (Wildman–Crippen LogP) is 5.05. The Morgan fingerprint density at radius 2 is 2.12 bits per heavy atom. The molecule has 0 saturated carbocycles. The summed E-state index contributed by atoms with van der Waals surface area (Å²) in [5.41, 5.74) is 9.26. The van der Waals surface area contributed by atoms with Gasteiger partial charge >= 0.3 is 0 Å². The van der Waals surface area contributed by atoms with E-state index in [9.17, 15) is 4.39 Å². The van der Waals surface area contributed by atoms with Crippen LogP contribution in [-0.4, -0.2) is 40.4 Å². The number of nitrogen functional groups attached to an aromatic ring is 1. The summed E-state index contributed by atoms with van der Waals surface area (Å²) < 4.78 is 24.1. The zero-order valence-electron chi connectivity index (χ0n) is 17.4. The van der Waals surface area contributed by atoms with E-state index in [-0.39, 0.29) is 11.0 Å². The second-order valence-electron chi connectivity index (χ2n) is 6.89. The molecule has 8 nitrogen and oxygen atoms in total. The highest BCUT2D eigenvalue weighted by Gasteiger charge is 2.22. The van der Waals surface area contributed by atoms with E-state index >= 15 is 0 Å². The predicted molar refractivity (Wildman–Crippen MR) is 123 cm³/mol. The van der Waals surface area contributed by atoms with Gasteiger partial charge in [-0.25, -0.2) is 14.4 Å². The molecule has 0 spiro atoms. The maximum absolute atomic E-state index is 13.8. The van der Waals surface area contributed by atoms with Gasteiger partial charge in [-0.3, -0.25) is 0 Å². The Kier molecular flexibility index (Phi) is 6.63. The van der Waals surface area contributed by atoms with Crippen molar-refractivity contribution in [3.05, 3.63) is 46.4 Å². The Hall–Kier alpha value is -3.08. The van der Waals surface area contributed by atoms with Crippen LogP contribution in [0.5, 0.6) is 0 Å². The smallest absolute Gasteiger partial charge is 0.222 e. The molecular weight excluding hydrogens is 455 g/mol. The van der Waals surface area contributed by atoms with Crippen LogP contribution in [-0.2, 0) is 4.74 Å². The van der Waals surface area contributed by atoms with Gasteiger partial charge in [0, 0.05) is 31.2 Å². The van der Waals surface area contributed by atoms with Crippen LogP contribution >= 0.6 is 22.9 Å². The van der Waals surface area contributed by atoms with Gasteiger partial charge in [0.05, 0.1) is 33.7 Å². The maximum atomic E-state index is 13.8. The molecule has 0 aliphatic heterocycles. The molecule has 166 valence electrons. The van der Waals surface area contributed by atoms with E-state index in [1.807, 2.05) is 12.3 Å². The summed E-state index contributed by atoms with van der Waals surface area (Å²) in [4.78, 5) is 13.6. The maximum Gasteiger partial charge on any atom is 0.222 e. The topological polar surface area (TPSA) is 112 Å². The first-order chi connectivity index (χ1) is 15.5. The summed E-state index contributed by atoms with van der Waals surface area (Å²) >= 11 is 7.46. The number of benzene rings is 1. The number of halogens is 2. The molecule has 0 amide bonds. The summed E-state index contributed by atoms with van der Waals surface area (Å²) in [6.45, 7) is 3.02. The third kappa shape index (κ3) is 4.57. The molecule has 0 atom stereocenters. The molecule has 11 heteroatoms. The lowest BCUT2D eigenvalue weighted by atomic mass is 10.1. The number of aromatic nitrogens is 4. The fourth-order valence-electron chi connectivity index (χ4n) is 3.14. The standard InChI is InChI=1S/C21H20ClFN6O2S/c1-11-13(9-26-31-11)16-10-32-20(27-16)17-18(12-4-5-15(23)14(22)8-12)28-21(24)29-19(17)25-6-3-7-30-2/h4-5,8-10H,3,6-7H2,1-2H3,(H3,24,25,28,29). The number of methoxy groups -OCH3 is 1. The lowest BCUT2D eigenvalue weighted by Gasteiger charge is -2.14. The number of nitrogens with two attached hydrogens (primary N) is 1. The molecule has 0 bridgehead atoms. The largest absolute Gasteiger partial charge is 0.385 e. The lowest BCUT2D eigenvalue weighted by molar-refractivity contribution is 0.198. The summed E-state index contributed by atoms with van der Waals surface area (Å²) in [6.07, 6.45) is 2.39. The van der Waals surface area contributed by atoms with Crippen molar-refractivity contribution in [2.45, 2.75) is 13.3 Å². The average Bonchev–Trinajstić information content (AvgIpc) is 3.41. The quantitative estimate of drug-likeness (QED) is 0.341. The van der Waals surface area contributed by atoms with Crippen molar-refractivity contribution < 1.29 is 13.7 Å². The fraction of sp³-hybridized carbons (Fsp3) is 0.238. The highest BCUT2D eigenvalue weighted by atomic mass is 35.5. The van der Waals surface area contributed by atoms with Gasteiger partial charge in [-0.15, -0.1) is 11.3 Å². The highest BCUT2D eigenvalue weighted by Crippen LogP contribution is 2.40. The SMILES string of the molecule is COCCCNc1nc(N)nc(-c2ccc(F)c(Cl)c2)c1-c1nc(-c2cnoc2C)cs1. The van der Waals surface area contributed by atoms with Crippen molar-refractivity contribution in [2.75, 3.05) is 31.3 Å². The fourth-order valence-corrected chi connectivity index (χ4v) is 4.19. The summed E-state index contributed by atoms with van der Waals surface area (Å²) in [6, 6.07) is 4.40. The molecule has 32 heavy (non-hydrogen) atoms. The van der Waals surface area contributed by atoms with Gasteiger partial charge in [0.25, 0.3) is 0 Å². The van der Waals surface area contributed by atoms with Crippen molar-refractivity contribution >= 4 is 34.7 Å². The number of aryl methyl sites for hydroxylation is 1. The van der Waals surface area contributed by atoms with Crippen LogP contribution in [0.4, 0.5) is 16.2 Å². The van der Waals surface area contributed by atoms with Crippen molar-refractivity contribution in [3.63, 3.8) is 0 Å². The number of nitrogens with one attached hydrogen (secondary N) is 1. The molecule has 0 radical (unpaired) electrons. The van der Waals surface area contributed by atoms with Crippen LogP contribution < -0.4 is 11.1 Å².